The van der Waals surface area contributed by atoms with Gasteiger partial charge in [-0.25, -0.2) is 9.97 Å². The topological polar surface area (TPSA) is 587 Å². The molecule has 4 aromatic carbocycles. The SMILES string of the molecule is CCCC(N[C@@H](O)CCC(N[C@@H](O)[C@H](CCC)NC(=O)C(CCC)N[C@@H](O)CN1CCN(CC)CCN(CC)CCN(CC)CC1)C(=O)N[C@@H](CCC)[C@H](O)NC(CCC(=O)O)C(=O)NCCCN1Cc2cc(C(=O)N(C)Cc3nc4ccccc4[nH]3)ccc2N[C@@H](CC(=O)OC)[C@H]1O)C(=O)N[C@@H](CCC(=O)O)[C@H](O)NCCCN1Cc2cc(C(=O)N(C)Cc3nc4ccccc4[nH]3)ccc2N[C@@H](CC(=O)OC)[C@@H]1O. The number of hydrogen-bond acceptors (Lipinski definition) is 34. The highest BCUT2D eigenvalue weighted by Gasteiger charge is 2.39. The van der Waals surface area contributed by atoms with Crippen molar-refractivity contribution >= 4 is 92.8 Å². The number of aromatic amines is 2. The molecule has 1 saturated heterocycles. The molecule has 3 aliphatic rings. The molecule has 44 heteroatoms. The van der Waals surface area contributed by atoms with Gasteiger partial charge in [0.1, 0.15) is 55.2 Å². The van der Waals surface area contributed by atoms with Crippen molar-refractivity contribution in [1.29, 1.82) is 0 Å². The summed E-state index contributed by atoms with van der Waals surface area (Å²) >= 11 is 0. The predicted octanol–water partition coefficient (Wildman–Crippen LogP) is 2.00. The molecule has 806 valence electrons. The Hall–Kier alpha value is -10.6. The zero-order valence-electron chi connectivity index (χ0n) is 86.1. The highest BCUT2D eigenvalue weighted by molar-refractivity contribution is 5.96. The first kappa shape index (κ1) is 118. The molecule has 4 unspecified atom stereocenters. The summed E-state index contributed by atoms with van der Waals surface area (Å²) in [5, 5.41) is 137. The smallest absolute Gasteiger partial charge is 0.307 e. The Balaban J connectivity index is 0.889. The summed E-state index contributed by atoms with van der Waals surface area (Å²) in [6.45, 7) is 23.9. The Labute approximate surface area is 849 Å². The maximum Gasteiger partial charge on any atom is 0.307 e. The number of aliphatic hydroxyl groups is 7. The second-order valence-electron chi connectivity index (χ2n) is 38.0. The van der Waals surface area contributed by atoms with Crippen LogP contribution in [0.4, 0.5) is 11.4 Å². The second kappa shape index (κ2) is 60.6. The number of para-hydroxylation sites is 4. The first-order chi connectivity index (χ1) is 69.6. The number of amides is 6. The maximum absolute atomic E-state index is 15.3. The summed E-state index contributed by atoms with van der Waals surface area (Å²) in [6.07, 6.45) is -10.6. The molecule has 0 spiro atoms. The van der Waals surface area contributed by atoms with Crippen molar-refractivity contribution in [2.24, 2.45) is 0 Å². The van der Waals surface area contributed by atoms with Crippen LogP contribution in [0.25, 0.3) is 22.1 Å². The summed E-state index contributed by atoms with van der Waals surface area (Å²) in [4.78, 5) is 169. The Kier molecular flexibility index (Phi) is 49.3. The highest BCUT2D eigenvalue weighted by atomic mass is 16.5. The quantitative estimate of drug-likeness (QED) is 0.0147. The summed E-state index contributed by atoms with van der Waals surface area (Å²) in [5.74, 6) is -6.01. The van der Waals surface area contributed by atoms with Crippen molar-refractivity contribution in [2.45, 2.75) is 288 Å². The molecule has 0 bridgehead atoms. The van der Waals surface area contributed by atoms with E-state index in [0.717, 1.165) is 81.0 Å². The van der Waals surface area contributed by atoms with Crippen molar-refractivity contribution in [3.05, 3.63) is 119 Å². The number of nitrogens with zero attached hydrogens (tertiary/aromatic N) is 10. The van der Waals surface area contributed by atoms with E-state index in [2.05, 4.69) is 119 Å². The number of carbonyl (C=O) groups is 10. The summed E-state index contributed by atoms with van der Waals surface area (Å²) in [5.41, 5.74) is 6.20. The minimum atomic E-state index is -1.77. The molecular formula is C101H161N23O21. The van der Waals surface area contributed by atoms with Crippen LogP contribution in [0.2, 0.25) is 0 Å². The first-order valence-electron chi connectivity index (χ1n) is 51.4. The molecule has 22 N–H and O–H groups in total. The van der Waals surface area contributed by atoms with Crippen LogP contribution >= 0.6 is 0 Å². The largest absolute Gasteiger partial charge is 0.481 e. The molecule has 6 aromatic rings. The summed E-state index contributed by atoms with van der Waals surface area (Å²) in [7, 11) is 5.77. The number of fused-ring (bicyclic) bond motifs is 4. The third-order valence-electron chi connectivity index (χ3n) is 27.1. The number of β-amino-alcohol motifs (C(OH)–C–C–N with tert-alkyl or cyclic N) is 1. The van der Waals surface area contributed by atoms with Gasteiger partial charge in [0.05, 0.1) is 117 Å². The molecular weight excluding hydrogens is 1870 g/mol. The van der Waals surface area contributed by atoms with E-state index in [1.807, 2.05) is 62.4 Å². The van der Waals surface area contributed by atoms with Gasteiger partial charge in [-0.15, -0.1) is 0 Å². The maximum atomic E-state index is 15.3. The van der Waals surface area contributed by atoms with Crippen LogP contribution in [-0.2, 0) is 74.0 Å². The molecule has 44 nitrogen and oxygen atoms in total. The Morgan fingerprint density at radius 2 is 0.834 bits per heavy atom. The molecule has 2 aromatic heterocycles. The normalized spacial score (nSPS) is 19.1. The van der Waals surface area contributed by atoms with Crippen LogP contribution in [0.1, 0.15) is 208 Å². The number of carboxylic acids is 2. The molecule has 3 aliphatic heterocycles. The number of hydrogen-bond donors (Lipinski definition) is 22. The van der Waals surface area contributed by atoms with Crippen LogP contribution in [0, 0.1) is 0 Å². The highest BCUT2D eigenvalue weighted by Crippen LogP contribution is 2.32. The lowest BCUT2D eigenvalue weighted by Gasteiger charge is -2.35. The van der Waals surface area contributed by atoms with Crippen LogP contribution in [0.3, 0.4) is 0 Å². The molecule has 145 heavy (non-hydrogen) atoms. The van der Waals surface area contributed by atoms with E-state index in [4.69, 9.17) is 9.47 Å². The van der Waals surface area contributed by atoms with Gasteiger partial charge in [0.15, 0.2) is 0 Å². The third kappa shape index (κ3) is 37.3. The first-order valence-corrected chi connectivity index (χ1v) is 51.4. The lowest BCUT2D eigenvalue weighted by atomic mass is 10.0. The number of nitrogens with one attached hydrogen (secondary N) is 13. The standard InChI is InChI=1S/C101H161N23O21/c1-12-25-74(93(135)114-78(38-41-87(127)128)91(133)102-43-23-45-123-59-66-55-64(33-35-68(66)104-81(100(123)142)57-89(131)144-10)98(140)117(8)61-83-106-70-29-19-20-30-71(70)107-83)110-85(125)40-37-80(116-96(138)77(28-15-4)112-94(136)75(26-13-2)111-86(126)63-122-53-51-120(17-6)49-47-119(16-5)48-50-121(18-7)52-54-122)97(139)113-76(27-14-3)95(137)115-79(39-42-88(129)130)92(134)103-44-24-46-124-60-67-56-65(34-36-69(67)105-82(101(124)143)58-90(132)145-11)99(141)118(9)62-84-108-72-31-21-22-32-73(72)109-84/h19-22,29-36,55-56,74-82,85-86,91,95-96,100-102,104-105,110-111,115-116,125-126,133,137-138,142-143H,12-18,23-28,37-54,57-63H2,1-11H3,(H,103,134)(H,106,107)(H,108,109)(H,112,136)(H,113,139)(H,114,135)(H,127,128)(H,129,130)/t74?,75?,76-,77-,78-,79?,80?,81-,82-,85-,86-,91-,95-,96-,100-,101+/m0/s1. The number of carboxylic acid groups (broad SMARTS) is 2. The monoisotopic (exact) mass is 2030 g/mol. The minimum absolute atomic E-state index is 0.0409. The number of aliphatic hydroxyl groups excluding tert-OH is 7. The van der Waals surface area contributed by atoms with Gasteiger partial charge < -0.3 is 122 Å². The fourth-order valence-electron chi connectivity index (χ4n) is 18.6. The molecule has 6 amide bonds. The Morgan fingerprint density at radius 1 is 0.448 bits per heavy atom. The number of rotatable bonds is 59. The Bertz CT molecular complexity index is 4970. The molecule has 9 rings (SSSR count). The van der Waals surface area contributed by atoms with E-state index in [-0.39, 0.29) is 148 Å². The summed E-state index contributed by atoms with van der Waals surface area (Å²) < 4.78 is 10.00. The number of likely N-dealkylation sites (N-methyl/N-ethyl adjacent to an activating group) is 3. The number of imidazole rings is 2. The number of ether oxygens (including phenoxy) is 2. The van der Waals surface area contributed by atoms with E-state index < -0.39 is 158 Å². The fourth-order valence-corrected chi connectivity index (χ4v) is 18.6. The van der Waals surface area contributed by atoms with Gasteiger partial charge in [0, 0.05) is 141 Å². The van der Waals surface area contributed by atoms with Crippen molar-refractivity contribution in [3.63, 3.8) is 0 Å². The third-order valence-corrected chi connectivity index (χ3v) is 27.1. The van der Waals surface area contributed by atoms with Crippen molar-refractivity contribution in [1.82, 2.24) is 107 Å². The zero-order chi connectivity index (χ0) is 105. The van der Waals surface area contributed by atoms with Crippen LogP contribution in [0.5, 0.6) is 0 Å². The average Bonchev–Trinajstić information content (AvgIpc) is 1.68. The average molecular weight is 2030 g/mol. The Morgan fingerprint density at radius 3 is 1.24 bits per heavy atom. The van der Waals surface area contributed by atoms with Gasteiger partial charge in [0.25, 0.3) is 11.8 Å². The number of aliphatic carboxylic acids is 2. The number of benzene rings is 4. The van der Waals surface area contributed by atoms with Gasteiger partial charge in [-0.05, 0) is 162 Å². The second-order valence-corrected chi connectivity index (χ2v) is 38.0. The molecule has 1 fully saturated rings. The van der Waals surface area contributed by atoms with Crippen LogP contribution < -0.4 is 58.5 Å². The number of methoxy groups -OCH3 is 2. The van der Waals surface area contributed by atoms with E-state index in [9.17, 15) is 89.1 Å². The van der Waals surface area contributed by atoms with Gasteiger partial charge >= 0.3 is 23.9 Å². The molecule has 16 atom stereocenters. The zero-order valence-corrected chi connectivity index (χ0v) is 86.1. The number of esters is 2. The number of aromatic nitrogens is 4. The number of carbonyl (C=O) groups excluding carboxylic acids is 8. The van der Waals surface area contributed by atoms with Gasteiger partial charge in [-0.1, -0.05) is 98.4 Å². The molecule has 0 radical (unpaired) electrons. The molecule has 5 heterocycles. The number of H-pyrrole nitrogens is 2. The van der Waals surface area contributed by atoms with Crippen molar-refractivity contribution in [2.75, 3.05) is 144 Å². The van der Waals surface area contributed by atoms with Crippen molar-refractivity contribution < 1.29 is 103 Å². The van der Waals surface area contributed by atoms with Crippen LogP contribution in [-0.4, -0.2) is 395 Å². The minimum Gasteiger partial charge on any atom is -0.481 e. The van der Waals surface area contributed by atoms with E-state index in [0.29, 0.717) is 84.1 Å². The van der Waals surface area contributed by atoms with Gasteiger partial charge in [-0.3, -0.25) is 89.2 Å². The molecule has 0 aliphatic carbocycles. The van der Waals surface area contributed by atoms with Crippen molar-refractivity contribution in [3.8, 4) is 0 Å². The summed E-state index contributed by atoms with van der Waals surface area (Å²) in [6, 6.07) is 14.7. The van der Waals surface area contributed by atoms with E-state index in [1.165, 1.54) is 24.0 Å². The lowest BCUT2D eigenvalue weighted by Crippen LogP contribution is -2.61. The lowest BCUT2D eigenvalue weighted by molar-refractivity contribution is -0.143. The van der Waals surface area contributed by atoms with Gasteiger partial charge in [0.2, 0.25) is 23.6 Å². The van der Waals surface area contributed by atoms with Crippen LogP contribution in [0.15, 0.2) is 84.9 Å². The van der Waals surface area contributed by atoms with E-state index >= 15 is 4.79 Å². The van der Waals surface area contributed by atoms with E-state index in [1.54, 1.807) is 74.1 Å². The molecule has 0 saturated carbocycles. The van der Waals surface area contributed by atoms with Gasteiger partial charge in [-0.2, -0.15) is 0 Å². The fraction of sp³-hybridized carbons (Fsp3) is 0.644. The number of anilines is 2. The predicted molar refractivity (Wildman–Crippen MR) is 547 cm³/mol.